The second kappa shape index (κ2) is 4.15. The molecule has 0 aliphatic carbocycles. The second-order valence-electron chi connectivity index (χ2n) is 4.72. The minimum Gasteiger partial charge on any atom is -0.324 e. The van der Waals surface area contributed by atoms with Gasteiger partial charge in [0.25, 0.3) is 0 Å². The highest BCUT2D eigenvalue weighted by Crippen LogP contribution is 2.44. The average molecular weight is 272 g/mol. The molecule has 0 aliphatic heterocycles. The van der Waals surface area contributed by atoms with Gasteiger partial charge in [-0.05, 0) is 20.8 Å². The van der Waals surface area contributed by atoms with E-state index in [-0.39, 0.29) is 12.4 Å². The molecule has 0 aromatic carbocycles. The molecule has 0 saturated heterocycles. The molecule has 104 valence electrons. The molecule has 0 saturated carbocycles. The predicted octanol–water partition coefficient (Wildman–Crippen LogP) is 2.15. The number of hydrogen-bond donors (Lipinski definition) is 1. The number of alkyl halides is 5. The number of hydrogen-bond acceptors (Lipinski definition) is 3. The van der Waals surface area contributed by atoms with Crippen LogP contribution in [0.2, 0.25) is 0 Å². The molecular weight excluding hydrogens is 259 g/mol. The van der Waals surface area contributed by atoms with Crippen molar-refractivity contribution in [1.82, 2.24) is 14.8 Å². The highest BCUT2D eigenvalue weighted by molar-refractivity contribution is 5.08. The van der Waals surface area contributed by atoms with Gasteiger partial charge in [-0.1, -0.05) is 0 Å². The van der Waals surface area contributed by atoms with Crippen molar-refractivity contribution < 1.29 is 22.0 Å². The standard InChI is InChI=1S/C9H13F5N4/c1-7(2,3)18-5(4-15)16-17-6(18)8(10,11)9(12,13)14/h4,15H2,1-3H3. The van der Waals surface area contributed by atoms with Gasteiger partial charge >= 0.3 is 12.1 Å². The van der Waals surface area contributed by atoms with Crippen molar-refractivity contribution in [3.8, 4) is 0 Å². The van der Waals surface area contributed by atoms with Crippen LogP contribution in [0, 0.1) is 0 Å². The third-order valence-corrected chi connectivity index (χ3v) is 2.22. The summed E-state index contributed by atoms with van der Waals surface area (Å²) >= 11 is 0. The maximum Gasteiger partial charge on any atom is 0.461 e. The zero-order valence-corrected chi connectivity index (χ0v) is 10.0. The molecule has 1 aromatic heterocycles. The van der Waals surface area contributed by atoms with Crippen molar-refractivity contribution in [2.75, 3.05) is 0 Å². The van der Waals surface area contributed by atoms with Crippen LogP contribution in [0.5, 0.6) is 0 Å². The lowest BCUT2D eigenvalue weighted by atomic mass is 10.1. The minimum absolute atomic E-state index is 0.124. The number of nitrogens with two attached hydrogens (primary N) is 1. The molecule has 2 N–H and O–H groups in total. The Kier molecular flexibility index (Phi) is 3.41. The van der Waals surface area contributed by atoms with Crippen LogP contribution in [0.1, 0.15) is 32.4 Å². The molecule has 1 aromatic rings. The summed E-state index contributed by atoms with van der Waals surface area (Å²) in [6.07, 6.45) is -5.73. The van der Waals surface area contributed by atoms with Crippen LogP contribution in [0.4, 0.5) is 22.0 Å². The van der Waals surface area contributed by atoms with Gasteiger partial charge in [-0.25, -0.2) is 0 Å². The summed E-state index contributed by atoms with van der Waals surface area (Å²) in [7, 11) is 0. The third-order valence-electron chi connectivity index (χ3n) is 2.22. The lowest BCUT2D eigenvalue weighted by molar-refractivity contribution is -0.294. The first kappa shape index (κ1) is 14.8. The van der Waals surface area contributed by atoms with Crippen LogP contribution < -0.4 is 5.73 Å². The monoisotopic (exact) mass is 272 g/mol. The molecule has 0 spiro atoms. The van der Waals surface area contributed by atoms with Gasteiger partial charge in [-0.15, -0.1) is 10.2 Å². The van der Waals surface area contributed by atoms with Crippen LogP contribution in [-0.2, 0) is 18.0 Å². The SMILES string of the molecule is CC(C)(C)n1c(CN)nnc1C(F)(F)C(F)(F)F. The highest BCUT2D eigenvalue weighted by atomic mass is 19.4. The molecule has 1 heterocycles. The summed E-state index contributed by atoms with van der Waals surface area (Å²) in [5, 5.41) is 6.24. The average Bonchev–Trinajstić information content (AvgIpc) is 2.58. The van der Waals surface area contributed by atoms with Crippen LogP contribution in [0.15, 0.2) is 0 Å². The van der Waals surface area contributed by atoms with Crippen LogP contribution >= 0.6 is 0 Å². The van der Waals surface area contributed by atoms with E-state index in [1.807, 2.05) is 0 Å². The fraction of sp³-hybridized carbons (Fsp3) is 0.778. The van der Waals surface area contributed by atoms with E-state index in [1.54, 1.807) is 0 Å². The quantitative estimate of drug-likeness (QED) is 0.839. The molecule has 1 rings (SSSR count). The molecule has 18 heavy (non-hydrogen) atoms. The van der Waals surface area contributed by atoms with E-state index in [1.165, 1.54) is 20.8 Å². The van der Waals surface area contributed by atoms with E-state index < -0.39 is 23.5 Å². The van der Waals surface area contributed by atoms with Crippen molar-refractivity contribution in [1.29, 1.82) is 0 Å². The van der Waals surface area contributed by atoms with Crippen LogP contribution in [-0.4, -0.2) is 20.9 Å². The first-order valence-corrected chi connectivity index (χ1v) is 5.02. The Morgan fingerprint density at radius 2 is 1.56 bits per heavy atom. The Morgan fingerprint density at radius 3 is 1.89 bits per heavy atom. The van der Waals surface area contributed by atoms with Crippen molar-refractivity contribution in [3.05, 3.63) is 11.6 Å². The fourth-order valence-corrected chi connectivity index (χ4v) is 1.48. The lowest BCUT2D eigenvalue weighted by Crippen LogP contribution is -2.40. The smallest absolute Gasteiger partial charge is 0.324 e. The van der Waals surface area contributed by atoms with E-state index >= 15 is 0 Å². The summed E-state index contributed by atoms with van der Waals surface area (Å²) in [5.41, 5.74) is 4.22. The molecule has 0 atom stereocenters. The van der Waals surface area contributed by atoms with E-state index in [9.17, 15) is 22.0 Å². The van der Waals surface area contributed by atoms with E-state index in [0.29, 0.717) is 0 Å². The summed E-state index contributed by atoms with van der Waals surface area (Å²) in [5.74, 6) is -6.63. The first-order chi connectivity index (χ1) is 7.93. The Morgan fingerprint density at radius 1 is 1.06 bits per heavy atom. The highest BCUT2D eigenvalue weighted by Gasteiger charge is 2.62. The number of nitrogens with zero attached hydrogens (tertiary/aromatic N) is 3. The Labute approximate surface area is 100.0 Å². The first-order valence-electron chi connectivity index (χ1n) is 5.02. The van der Waals surface area contributed by atoms with Crippen LogP contribution in [0.3, 0.4) is 0 Å². The van der Waals surface area contributed by atoms with Gasteiger partial charge in [0.2, 0.25) is 5.82 Å². The molecule has 0 bridgehead atoms. The molecule has 0 unspecified atom stereocenters. The number of aromatic nitrogens is 3. The van der Waals surface area contributed by atoms with Crippen molar-refractivity contribution >= 4 is 0 Å². The van der Waals surface area contributed by atoms with Gasteiger partial charge in [-0.2, -0.15) is 22.0 Å². The summed E-state index contributed by atoms with van der Waals surface area (Å²) < 4.78 is 64.4. The fourth-order valence-electron chi connectivity index (χ4n) is 1.48. The molecule has 9 heteroatoms. The van der Waals surface area contributed by atoms with Crippen LogP contribution in [0.25, 0.3) is 0 Å². The zero-order chi connectivity index (χ0) is 14.4. The zero-order valence-electron chi connectivity index (χ0n) is 10.0. The van der Waals surface area contributed by atoms with Gasteiger partial charge in [-0.3, -0.25) is 0 Å². The summed E-state index contributed by atoms with van der Waals surface area (Å²) in [4.78, 5) is 0. The maximum atomic E-state index is 13.3. The minimum atomic E-state index is -5.73. The van der Waals surface area contributed by atoms with Gasteiger partial charge in [0.05, 0.1) is 6.54 Å². The van der Waals surface area contributed by atoms with Gasteiger partial charge < -0.3 is 10.3 Å². The van der Waals surface area contributed by atoms with Crippen molar-refractivity contribution in [2.45, 2.75) is 45.0 Å². The lowest BCUT2D eigenvalue weighted by Gasteiger charge is -2.28. The van der Waals surface area contributed by atoms with Crippen molar-refractivity contribution in [3.63, 3.8) is 0 Å². The van der Waals surface area contributed by atoms with E-state index in [0.717, 1.165) is 4.57 Å². The maximum absolute atomic E-state index is 13.3. The predicted molar refractivity (Wildman–Crippen MR) is 52.9 cm³/mol. The van der Waals surface area contributed by atoms with E-state index in [2.05, 4.69) is 10.2 Å². The molecule has 4 nitrogen and oxygen atoms in total. The number of halogens is 5. The van der Waals surface area contributed by atoms with E-state index in [4.69, 9.17) is 5.73 Å². The normalized spacial score (nSPS) is 14.1. The topological polar surface area (TPSA) is 56.7 Å². The Balaban J connectivity index is 3.48. The molecule has 0 amide bonds. The molecular formula is C9H13F5N4. The third kappa shape index (κ3) is 2.31. The van der Waals surface area contributed by atoms with Gasteiger partial charge in [0.1, 0.15) is 5.82 Å². The Bertz CT molecular complexity index is 429. The summed E-state index contributed by atoms with van der Waals surface area (Å²) in [6, 6.07) is 0. The molecule has 0 aliphatic rings. The molecule has 0 radical (unpaired) electrons. The van der Waals surface area contributed by atoms with Gasteiger partial charge in [0.15, 0.2) is 0 Å². The Hall–Kier alpha value is -1.25. The molecule has 0 fully saturated rings. The summed E-state index contributed by atoms with van der Waals surface area (Å²) in [6.45, 7) is 4.11. The largest absolute Gasteiger partial charge is 0.461 e. The second-order valence-corrected chi connectivity index (χ2v) is 4.72. The van der Waals surface area contributed by atoms with Gasteiger partial charge in [0, 0.05) is 5.54 Å². The number of rotatable bonds is 2. The van der Waals surface area contributed by atoms with Crippen molar-refractivity contribution in [2.24, 2.45) is 5.73 Å².